The van der Waals surface area contributed by atoms with Crippen LogP contribution in [0.1, 0.15) is 43.0 Å². The molecule has 13 heteroatoms. The molecule has 4 N–H and O–H groups in total. The van der Waals surface area contributed by atoms with Crippen molar-refractivity contribution in [2.75, 3.05) is 0 Å². The zero-order valence-corrected chi connectivity index (χ0v) is 26.3. The third-order valence-electron chi connectivity index (χ3n) is 7.49. The number of halogens is 1. The number of hydrogen-bond donors (Lipinski definition) is 4. The Labute approximate surface area is 268 Å². The van der Waals surface area contributed by atoms with E-state index in [1.807, 2.05) is 52.0 Å². The third-order valence-corrected chi connectivity index (χ3v) is 7.73. The van der Waals surface area contributed by atoms with Gasteiger partial charge in [0.2, 0.25) is 0 Å². The number of phenols is 2. The summed E-state index contributed by atoms with van der Waals surface area (Å²) >= 11 is 6.11. The molecule has 4 aromatic carbocycles. The van der Waals surface area contributed by atoms with Crippen molar-refractivity contribution < 1.29 is 19.8 Å². The Kier molecular flexibility index (Phi) is 7.82. The Morgan fingerprint density at radius 2 is 1.22 bits per heavy atom. The SMILES string of the molecule is Cc1cc(CNC(=O)C(=O)NCc2cc(C(C)(C)C)cc(-n3nc4ccc(Cl)cc4n3)c2O)c(O)c(-n2nc3ccccc3n2)c1. The van der Waals surface area contributed by atoms with Gasteiger partial charge in [0.05, 0.1) is 0 Å². The van der Waals surface area contributed by atoms with Crippen LogP contribution in [0.2, 0.25) is 5.02 Å². The number of amides is 2. The molecular weight excluding hydrogens is 608 g/mol. The van der Waals surface area contributed by atoms with Crippen LogP contribution < -0.4 is 10.6 Å². The average molecular weight is 639 g/mol. The van der Waals surface area contributed by atoms with Gasteiger partial charge in [-0.15, -0.1) is 30.0 Å². The van der Waals surface area contributed by atoms with E-state index in [-0.39, 0.29) is 30.0 Å². The van der Waals surface area contributed by atoms with Gasteiger partial charge in [0.25, 0.3) is 0 Å². The van der Waals surface area contributed by atoms with Gasteiger partial charge in [0.15, 0.2) is 0 Å². The van der Waals surface area contributed by atoms with Gasteiger partial charge in [-0.1, -0.05) is 50.6 Å². The van der Waals surface area contributed by atoms with Gasteiger partial charge < -0.3 is 20.8 Å². The van der Waals surface area contributed by atoms with E-state index in [9.17, 15) is 19.8 Å². The van der Waals surface area contributed by atoms with Crippen LogP contribution in [0.15, 0.2) is 66.7 Å². The lowest BCUT2D eigenvalue weighted by Crippen LogP contribution is -2.39. The zero-order valence-electron chi connectivity index (χ0n) is 25.5. The first-order chi connectivity index (χ1) is 21.9. The molecule has 2 aromatic heterocycles. The predicted octanol–water partition coefficient (Wildman–Crippen LogP) is 4.76. The lowest BCUT2D eigenvalue weighted by molar-refractivity contribution is -0.139. The van der Waals surface area contributed by atoms with Crippen LogP contribution >= 0.6 is 11.6 Å². The molecule has 0 radical (unpaired) electrons. The number of nitrogens with one attached hydrogen (secondary N) is 2. The van der Waals surface area contributed by atoms with E-state index in [1.54, 1.807) is 42.5 Å². The minimum Gasteiger partial charge on any atom is -0.505 e. The summed E-state index contributed by atoms with van der Waals surface area (Å²) < 4.78 is 0. The van der Waals surface area contributed by atoms with Crippen LogP contribution in [0.5, 0.6) is 11.5 Å². The molecule has 0 aliphatic carbocycles. The first kappa shape index (κ1) is 30.5. The molecule has 0 spiro atoms. The van der Waals surface area contributed by atoms with E-state index >= 15 is 0 Å². The van der Waals surface area contributed by atoms with Crippen molar-refractivity contribution >= 4 is 45.5 Å². The second kappa shape index (κ2) is 11.8. The highest BCUT2D eigenvalue weighted by Crippen LogP contribution is 2.34. The van der Waals surface area contributed by atoms with Crippen molar-refractivity contribution in [3.8, 4) is 22.9 Å². The topological polar surface area (TPSA) is 160 Å². The number of nitrogens with zero attached hydrogens (tertiary/aromatic N) is 6. The molecule has 46 heavy (non-hydrogen) atoms. The maximum absolute atomic E-state index is 12.8. The maximum Gasteiger partial charge on any atom is 0.309 e. The fourth-order valence-electron chi connectivity index (χ4n) is 4.99. The Morgan fingerprint density at radius 1 is 0.717 bits per heavy atom. The monoisotopic (exact) mass is 638 g/mol. The molecular formula is C33H31ClN8O4. The molecule has 0 fully saturated rings. The molecule has 6 rings (SSSR count). The number of phenolic OH excluding ortho intramolecular Hbond substituents is 2. The van der Waals surface area contributed by atoms with Crippen molar-refractivity contribution in [1.29, 1.82) is 0 Å². The number of benzene rings is 4. The Hall–Kier alpha value is -5.49. The molecule has 0 aliphatic heterocycles. The molecule has 0 unspecified atom stereocenters. The number of aromatic nitrogens is 6. The van der Waals surface area contributed by atoms with Crippen molar-refractivity contribution in [2.45, 2.75) is 46.2 Å². The third kappa shape index (κ3) is 6.07. The number of fused-ring (bicyclic) bond motifs is 2. The summed E-state index contributed by atoms with van der Waals surface area (Å²) in [7, 11) is 0. The van der Waals surface area contributed by atoms with Crippen LogP contribution in [0.3, 0.4) is 0 Å². The summed E-state index contributed by atoms with van der Waals surface area (Å²) in [5.41, 5.74) is 5.26. The average Bonchev–Trinajstić information content (AvgIpc) is 3.64. The molecule has 0 aliphatic rings. The quantitative estimate of drug-likeness (QED) is 0.190. The van der Waals surface area contributed by atoms with Gasteiger partial charge in [-0.05, 0) is 72.0 Å². The highest BCUT2D eigenvalue weighted by atomic mass is 35.5. The number of rotatable bonds is 6. The maximum atomic E-state index is 12.8. The fraction of sp³-hybridized carbons (Fsp3) is 0.212. The van der Waals surface area contributed by atoms with E-state index in [1.165, 1.54) is 9.59 Å². The Balaban J connectivity index is 1.18. The first-order valence-corrected chi connectivity index (χ1v) is 14.9. The predicted molar refractivity (Wildman–Crippen MR) is 173 cm³/mol. The Bertz CT molecular complexity index is 2110. The molecule has 0 saturated heterocycles. The summed E-state index contributed by atoms with van der Waals surface area (Å²) in [6.45, 7) is 7.63. The minimum absolute atomic E-state index is 0.120. The zero-order chi connectivity index (χ0) is 32.7. The standard InChI is InChI=1S/C33H31ClN8O4/c1-18-11-19(29(43)27(12-18)41-37-23-7-5-6-8-24(23)38-41)16-35-31(45)32(46)36-17-20-13-21(33(2,3)4)14-28(30(20)44)42-39-25-10-9-22(34)15-26(25)40-42/h5-15,43-44H,16-17H2,1-4H3,(H,35,45)(H,36,46). The molecule has 0 bridgehead atoms. The van der Waals surface area contributed by atoms with Gasteiger partial charge in [-0.2, -0.15) is 0 Å². The van der Waals surface area contributed by atoms with Crippen molar-refractivity contribution in [1.82, 2.24) is 40.6 Å². The fourth-order valence-corrected chi connectivity index (χ4v) is 5.16. The van der Waals surface area contributed by atoms with Crippen LogP contribution in [-0.4, -0.2) is 52.0 Å². The van der Waals surface area contributed by atoms with Crippen LogP contribution in [0.25, 0.3) is 33.4 Å². The van der Waals surface area contributed by atoms with Gasteiger partial charge in [-0.25, -0.2) is 0 Å². The van der Waals surface area contributed by atoms with Crippen molar-refractivity contribution in [3.63, 3.8) is 0 Å². The van der Waals surface area contributed by atoms with Crippen molar-refractivity contribution in [2.24, 2.45) is 0 Å². The number of aryl methyl sites for hydroxylation is 1. The number of carbonyl (C=O) groups excluding carboxylic acids is 2. The number of hydrogen-bond acceptors (Lipinski definition) is 8. The Morgan fingerprint density at radius 3 is 1.78 bits per heavy atom. The van der Waals surface area contributed by atoms with Gasteiger partial charge in [0.1, 0.15) is 44.9 Å². The van der Waals surface area contributed by atoms with Crippen LogP contribution in [0.4, 0.5) is 0 Å². The van der Waals surface area contributed by atoms with Crippen LogP contribution in [0, 0.1) is 6.92 Å². The van der Waals surface area contributed by atoms with Gasteiger partial charge in [0, 0.05) is 29.2 Å². The lowest BCUT2D eigenvalue weighted by atomic mass is 9.85. The smallest absolute Gasteiger partial charge is 0.309 e. The normalized spacial score (nSPS) is 11.7. The van der Waals surface area contributed by atoms with E-state index in [0.717, 1.165) is 11.1 Å². The lowest BCUT2D eigenvalue weighted by Gasteiger charge is -2.22. The molecule has 12 nitrogen and oxygen atoms in total. The molecule has 0 saturated carbocycles. The highest BCUT2D eigenvalue weighted by molar-refractivity contribution is 6.35. The minimum atomic E-state index is -0.910. The molecule has 6 aromatic rings. The van der Waals surface area contributed by atoms with Crippen molar-refractivity contribution in [3.05, 3.63) is 94.0 Å². The second-order valence-corrected chi connectivity index (χ2v) is 12.4. The number of aromatic hydroxyl groups is 2. The summed E-state index contributed by atoms with van der Waals surface area (Å²) in [6.07, 6.45) is 0. The summed E-state index contributed by atoms with van der Waals surface area (Å²) in [5.74, 6) is -2.08. The highest BCUT2D eigenvalue weighted by Gasteiger charge is 2.23. The van der Waals surface area contributed by atoms with Crippen LogP contribution in [-0.2, 0) is 28.1 Å². The van der Waals surface area contributed by atoms with E-state index < -0.39 is 11.8 Å². The van der Waals surface area contributed by atoms with Gasteiger partial charge in [-0.3, -0.25) is 9.59 Å². The molecule has 2 amide bonds. The number of carbonyl (C=O) groups is 2. The molecule has 2 heterocycles. The van der Waals surface area contributed by atoms with E-state index in [0.29, 0.717) is 49.6 Å². The van der Waals surface area contributed by atoms with E-state index in [2.05, 4.69) is 31.0 Å². The second-order valence-electron chi connectivity index (χ2n) is 12.0. The van der Waals surface area contributed by atoms with Gasteiger partial charge >= 0.3 is 11.8 Å². The summed E-state index contributed by atoms with van der Waals surface area (Å²) in [6, 6.07) is 19.5. The summed E-state index contributed by atoms with van der Waals surface area (Å²) in [5, 5.41) is 45.7. The largest absolute Gasteiger partial charge is 0.505 e. The molecule has 0 atom stereocenters. The summed E-state index contributed by atoms with van der Waals surface area (Å²) in [4.78, 5) is 28.3. The van der Waals surface area contributed by atoms with E-state index in [4.69, 9.17) is 11.6 Å². The first-order valence-electron chi connectivity index (χ1n) is 14.5. The molecule has 234 valence electrons.